The monoisotopic (exact) mass is 259 g/mol. The van der Waals surface area contributed by atoms with Crippen LogP contribution in [-0.4, -0.2) is 28.4 Å². The highest BCUT2D eigenvalue weighted by Crippen LogP contribution is 2.43. The Bertz CT molecular complexity index is 534. The quantitative estimate of drug-likeness (QED) is 0.824. The molecule has 1 N–H and O–H groups in total. The smallest absolute Gasteiger partial charge is 0.319 e. The van der Waals surface area contributed by atoms with E-state index in [2.05, 4.69) is 6.07 Å². The van der Waals surface area contributed by atoms with E-state index in [0.717, 1.165) is 18.4 Å². The van der Waals surface area contributed by atoms with Crippen LogP contribution in [-0.2, 0) is 22.6 Å². The van der Waals surface area contributed by atoms with Crippen LogP contribution in [0.2, 0.25) is 0 Å². The van der Waals surface area contributed by atoms with Crippen molar-refractivity contribution < 1.29 is 14.7 Å². The van der Waals surface area contributed by atoms with Gasteiger partial charge in [0, 0.05) is 13.1 Å². The maximum absolute atomic E-state index is 12.5. The van der Waals surface area contributed by atoms with Gasteiger partial charge in [0.1, 0.15) is 5.41 Å². The normalized spacial score (nSPS) is 20.3. The van der Waals surface area contributed by atoms with Gasteiger partial charge in [0.25, 0.3) is 0 Å². The summed E-state index contributed by atoms with van der Waals surface area (Å²) in [5, 5.41) is 9.33. The average Bonchev–Trinajstić information content (AvgIpc) is 2.36. The number of fused-ring (bicyclic) bond motifs is 1. The van der Waals surface area contributed by atoms with Crippen LogP contribution in [0.5, 0.6) is 0 Å². The van der Waals surface area contributed by atoms with Gasteiger partial charge in [-0.15, -0.1) is 0 Å². The first-order chi connectivity index (χ1) is 9.13. The Morgan fingerprint density at radius 1 is 1.16 bits per heavy atom. The third kappa shape index (κ3) is 1.82. The van der Waals surface area contributed by atoms with Gasteiger partial charge in [-0.3, -0.25) is 9.59 Å². The number of hydrogen-bond donors (Lipinski definition) is 1. The number of rotatable bonds is 2. The Kier molecular flexibility index (Phi) is 2.81. The Hall–Kier alpha value is -1.84. The second-order valence-electron chi connectivity index (χ2n) is 5.49. The Balaban J connectivity index is 1.81. The number of aliphatic carboxylic acids is 1. The van der Waals surface area contributed by atoms with Crippen LogP contribution in [0.15, 0.2) is 24.3 Å². The van der Waals surface area contributed by atoms with Crippen molar-refractivity contribution in [3.8, 4) is 0 Å². The van der Waals surface area contributed by atoms with Crippen molar-refractivity contribution in [2.75, 3.05) is 6.54 Å². The first kappa shape index (κ1) is 12.2. The van der Waals surface area contributed by atoms with E-state index in [1.165, 1.54) is 5.56 Å². The molecule has 4 nitrogen and oxygen atoms in total. The Morgan fingerprint density at radius 2 is 1.84 bits per heavy atom. The molecule has 1 aromatic carbocycles. The molecule has 1 saturated carbocycles. The maximum atomic E-state index is 12.5. The fraction of sp³-hybridized carbons (Fsp3) is 0.467. The number of benzene rings is 1. The zero-order chi connectivity index (χ0) is 13.5. The van der Waals surface area contributed by atoms with Crippen molar-refractivity contribution in [2.45, 2.75) is 32.2 Å². The van der Waals surface area contributed by atoms with Gasteiger partial charge in [0.15, 0.2) is 0 Å². The summed E-state index contributed by atoms with van der Waals surface area (Å²) in [5.74, 6) is -1.15. The first-order valence-electron chi connectivity index (χ1n) is 6.73. The molecular weight excluding hydrogens is 242 g/mol. The van der Waals surface area contributed by atoms with E-state index in [9.17, 15) is 14.7 Å². The minimum atomic E-state index is -1.13. The molecule has 0 saturated heterocycles. The first-order valence-corrected chi connectivity index (χ1v) is 6.73. The molecule has 0 unspecified atom stereocenters. The topological polar surface area (TPSA) is 57.6 Å². The van der Waals surface area contributed by atoms with Crippen molar-refractivity contribution >= 4 is 11.9 Å². The lowest BCUT2D eigenvalue weighted by Gasteiger charge is -2.41. The number of carbonyl (C=O) groups is 2. The maximum Gasteiger partial charge on any atom is 0.319 e. The molecule has 2 aliphatic rings. The number of amides is 1. The van der Waals surface area contributed by atoms with E-state index in [1.807, 2.05) is 18.2 Å². The predicted octanol–water partition coefficient (Wildman–Crippen LogP) is 1.83. The summed E-state index contributed by atoms with van der Waals surface area (Å²) in [6.07, 6.45) is 2.62. The number of carbonyl (C=O) groups excluding carboxylic acids is 1. The summed E-state index contributed by atoms with van der Waals surface area (Å²) < 4.78 is 0. The molecular formula is C15H17NO3. The summed E-state index contributed by atoms with van der Waals surface area (Å²) in [4.78, 5) is 25.6. The molecule has 3 rings (SSSR count). The third-order valence-corrected chi connectivity index (χ3v) is 4.44. The highest BCUT2D eigenvalue weighted by atomic mass is 16.4. The van der Waals surface area contributed by atoms with Gasteiger partial charge in [-0.1, -0.05) is 30.7 Å². The van der Waals surface area contributed by atoms with Crippen LogP contribution in [0.3, 0.4) is 0 Å². The average molecular weight is 259 g/mol. The lowest BCUT2D eigenvalue weighted by Crippen LogP contribution is -2.53. The van der Waals surface area contributed by atoms with Crippen molar-refractivity contribution in [1.82, 2.24) is 4.90 Å². The zero-order valence-electron chi connectivity index (χ0n) is 10.8. The Labute approximate surface area is 112 Å². The van der Waals surface area contributed by atoms with E-state index in [-0.39, 0.29) is 5.91 Å². The highest BCUT2D eigenvalue weighted by Gasteiger charge is 2.53. The summed E-state index contributed by atoms with van der Waals surface area (Å²) in [6.45, 7) is 1.18. The van der Waals surface area contributed by atoms with E-state index >= 15 is 0 Å². The number of nitrogens with zero attached hydrogens (tertiary/aromatic N) is 1. The highest BCUT2D eigenvalue weighted by molar-refractivity contribution is 6.02. The summed E-state index contributed by atoms with van der Waals surface area (Å²) in [7, 11) is 0. The van der Waals surface area contributed by atoms with Gasteiger partial charge in [0.2, 0.25) is 5.91 Å². The van der Waals surface area contributed by atoms with Gasteiger partial charge in [-0.05, 0) is 30.4 Å². The van der Waals surface area contributed by atoms with Crippen LogP contribution >= 0.6 is 0 Å². The van der Waals surface area contributed by atoms with E-state index < -0.39 is 11.4 Å². The van der Waals surface area contributed by atoms with E-state index in [1.54, 1.807) is 4.90 Å². The molecule has 1 heterocycles. The van der Waals surface area contributed by atoms with Crippen molar-refractivity contribution in [3.05, 3.63) is 35.4 Å². The van der Waals surface area contributed by atoms with Gasteiger partial charge in [-0.2, -0.15) is 0 Å². The third-order valence-electron chi connectivity index (χ3n) is 4.44. The molecule has 19 heavy (non-hydrogen) atoms. The van der Waals surface area contributed by atoms with Crippen LogP contribution in [0.4, 0.5) is 0 Å². The van der Waals surface area contributed by atoms with Crippen molar-refractivity contribution in [2.24, 2.45) is 5.41 Å². The fourth-order valence-electron chi connectivity index (χ4n) is 3.02. The molecule has 1 fully saturated rings. The van der Waals surface area contributed by atoms with E-state index in [4.69, 9.17) is 0 Å². The summed E-state index contributed by atoms with van der Waals surface area (Å²) in [5.41, 5.74) is 1.28. The molecule has 1 aromatic rings. The van der Waals surface area contributed by atoms with Crippen LogP contribution in [0.25, 0.3) is 0 Å². The van der Waals surface area contributed by atoms with Crippen molar-refractivity contribution in [1.29, 1.82) is 0 Å². The molecule has 0 radical (unpaired) electrons. The minimum absolute atomic E-state index is 0.194. The fourth-order valence-corrected chi connectivity index (χ4v) is 3.02. The Morgan fingerprint density at radius 3 is 2.42 bits per heavy atom. The van der Waals surface area contributed by atoms with Crippen LogP contribution in [0.1, 0.15) is 30.4 Å². The summed E-state index contributed by atoms with van der Waals surface area (Å²) >= 11 is 0. The standard InChI is InChI=1S/C15H17NO3/c17-13(15(14(18)19)7-3-8-15)16-9-6-11-4-1-2-5-12(11)10-16/h1-2,4-5H,3,6-10H2,(H,18,19). The van der Waals surface area contributed by atoms with Crippen LogP contribution in [0, 0.1) is 5.41 Å². The molecule has 0 aromatic heterocycles. The molecule has 100 valence electrons. The predicted molar refractivity (Wildman–Crippen MR) is 69.5 cm³/mol. The van der Waals surface area contributed by atoms with Gasteiger partial charge in [0.05, 0.1) is 0 Å². The second kappa shape index (κ2) is 4.37. The largest absolute Gasteiger partial charge is 0.480 e. The molecule has 0 bridgehead atoms. The molecule has 1 aliphatic carbocycles. The van der Waals surface area contributed by atoms with Gasteiger partial charge in [-0.25, -0.2) is 0 Å². The molecule has 0 atom stereocenters. The molecule has 0 spiro atoms. The zero-order valence-corrected chi connectivity index (χ0v) is 10.8. The molecule has 1 aliphatic heterocycles. The number of carboxylic acids is 1. The van der Waals surface area contributed by atoms with E-state index in [0.29, 0.717) is 25.9 Å². The lowest BCUT2D eigenvalue weighted by atomic mass is 9.67. The number of carboxylic acid groups (broad SMARTS) is 1. The SMILES string of the molecule is O=C(O)C1(C(=O)N2CCc3ccccc3C2)CCC1. The second-order valence-corrected chi connectivity index (χ2v) is 5.49. The van der Waals surface area contributed by atoms with Gasteiger partial charge >= 0.3 is 5.97 Å². The summed E-state index contributed by atoms with van der Waals surface area (Å²) in [6, 6.07) is 8.06. The van der Waals surface area contributed by atoms with Crippen molar-refractivity contribution in [3.63, 3.8) is 0 Å². The molecule has 1 amide bonds. The number of hydrogen-bond acceptors (Lipinski definition) is 2. The molecule has 4 heteroatoms. The minimum Gasteiger partial charge on any atom is -0.480 e. The lowest BCUT2D eigenvalue weighted by molar-refractivity contribution is -0.168. The van der Waals surface area contributed by atoms with Crippen LogP contribution < -0.4 is 0 Å². The van der Waals surface area contributed by atoms with Gasteiger partial charge < -0.3 is 10.0 Å².